The van der Waals surface area contributed by atoms with Gasteiger partial charge in [0.25, 0.3) is 0 Å². The average Bonchev–Trinajstić information content (AvgIpc) is 3.67. The average molecular weight is 1160 g/mol. The lowest BCUT2D eigenvalue weighted by molar-refractivity contribution is -0.305. The summed E-state index contributed by atoms with van der Waals surface area (Å²) in [6.07, 6.45) is 72.0. The molecule has 0 spiro atoms. The summed E-state index contributed by atoms with van der Waals surface area (Å²) in [5.41, 5.74) is 0. The Balaban J connectivity index is 2.66. The Hall–Kier alpha value is -4.20. The zero-order valence-electron chi connectivity index (χ0n) is 52.3. The third-order valence-corrected chi connectivity index (χ3v) is 14.7. The lowest BCUT2D eigenvalue weighted by Gasteiger charge is -2.41. The van der Waals surface area contributed by atoms with Crippen LogP contribution >= 0.6 is 0 Å². The van der Waals surface area contributed by atoms with Crippen molar-refractivity contribution in [3.63, 3.8) is 0 Å². The second-order valence-corrected chi connectivity index (χ2v) is 22.3. The Bertz CT molecular complexity index is 1860. The van der Waals surface area contributed by atoms with Gasteiger partial charge in [-0.1, -0.05) is 283 Å². The number of esters is 1. The van der Waals surface area contributed by atoms with Crippen LogP contribution in [0.15, 0.2) is 134 Å². The second kappa shape index (κ2) is 58.2. The van der Waals surface area contributed by atoms with E-state index in [9.17, 15) is 35.1 Å². The van der Waals surface area contributed by atoms with Crippen molar-refractivity contribution in [1.29, 1.82) is 0 Å². The highest BCUT2D eigenvalue weighted by atomic mass is 16.7. The number of ether oxygens (including phenoxy) is 3. The molecule has 1 amide bonds. The number of unbranched alkanes of at least 4 members (excludes halogenated alkanes) is 25. The van der Waals surface area contributed by atoms with E-state index in [0.717, 1.165) is 96.3 Å². The standard InChI is InChI=1S/C72H119NO10/c1-4-7-10-13-16-19-22-25-27-29-30-31-32-33-34-35-36-37-39-42-45-48-51-54-57-60-67(77)83-70-69(79)68(78)66(61-74)82-72(70)81-62-63(64(75)58-55-52-49-46-43-40-24-21-18-15-12-9-6-3)73-71(80)65(76)59-56-53-50-47-44-41-38-28-26-23-20-17-14-11-8-5-2/h8,11,14,16-17,19-20,23,25-28,30-31,33-34,38,41,44,47,55,58,63-66,68-70,72,74-76,78-79H,4-7,9-10,12-13,15,18,21-22,24,29,32,35-37,39-40,42-43,45-46,48-54,56-57,59-62H2,1-3H3,(H,73,80)/b11-8-,17-14+,19-16-,23-20+,27-25-,28-26-,31-30-,34-33-,41-38+,47-44+,58-55+. The van der Waals surface area contributed by atoms with Crippen LogP contribution in [-0.2, 0) is 23.8 Å². The van der Waals surface area contributed by atoms with Gasteiger partial charge in [0.15, 0.2) is 12.4 Å². The van der Waals surface area contributed by atoms with Crippen molar-refractivity contribution in [3.05, 3.63) is 134 Å². The number of rotatable bonds is 54. The summed E-state index contributed by atoms with van der Waals surface area (Å²) >= 11 is 0. The fourth-order valence-corrected chi connectivity index (χ4v) is 9.49. The molecule has 1 saturated heterocycles. The molecule has 1 heterocycles. The van der Waals surface area contributed by atoms with E-state index in [2.05, 4.69) is 80.8 Å². The maximum atomic E-state index is 13.4. The summed E-state index contributed by atoms with van der Waals surface area (Å²) in [6.45, 7) is 5.58. The van der Waals surface area contributed by atoms with Gasteiger partial charge in [0.05, 0.1) is 25.4 Å². The molecule has 8 unspecified atom stereocenters. The first-order valence-corrected chi connectivity index (χ1v) is 33.0. The van der Waals surface area contributed by atoms with Gasteiger partial charge in [-0.2, -0.15) is 0 Å². The predicted octanol–water partition coefficient (Wildman–Crippen LogP) is 16.4. The topological polar surface area (TPSA) is 175 Å². The molecule has 83 heavy (non-hydrogen) atoms. The molecule has 8 atom stereocenters. The van der Waals surface area contributed by atoms with Gasteiger partial charge < -0.3 is 45.1 Å². The molecule has 11 heteroatoms. The van der Waals surface area contributed by atoms with Crippen molar-refractivity contribution in [1.82, 2.24) is 5.32 Å². The molecule has 11 nitrogen and oxygen atoms in total. The summed E-state index contributed by atoms with van der Waals surface area (Å²) in [6, 6.07) is -1.06. The van der Waals surface area contributed by atoms with Gasteiger partial charge in [0, 0.05) is 6.42 Å². The summed E-state index contributed by atoms with van der Waals surface area (Å²) < 4.78 is 17.6. The number of carbonyl (C=O) groups excluding carboxylic acids is 2. The molecule has 1 aliphatic heterocycles. The smallest absolute Gasteiger partial charge is 0.306 e. The lowest BCUT2D eigenvalue weighted by Crippen LogP contribution is -2.61. The molecule has 0 saturated carbocycles. The molecule has 0 radical (unpaired) electrons. The molecule has 0 aromatic rings. The van der Waals surface area contributed by atoms with Gasteiger partial charge in [-0.15, -0.1) is 0 Å². The maximum absolute atomic E-state index is 13.4. The Morgan fingerprint density at radius 2 is 0.916 bits per heavy atom. The number of hydrogen-bond donors (Lipinski definition) is 6. The second-order valence-electron chi connectivity index (χ2n) is 22.3. The number of aliphatic hydroxyl groups is 5. The predicted molar refractivity (Wildman–Crippen MR) is 347 cm³/mol. The van der Waals surface area contributed by atoms with E-state index in [1.807, 2.05) is 72.9 Å². The first kappa shape index (κ1) is 76.8. The number of amides is 1. The first-order chi connectivity index (χ1) is 40.7. The van der Waals surface area contributed by atoms with E-state index in [0.29, 0.717) is 12.8 Å². The largest absolute Gasteiger partial charge is 0.454 e. The Morgan fingerprint density at radius 3 is 1.43 bits per heavy atom. The summed E-state index contributed by atoms with van der Waals surface area (Å²) in [7, 11) is 0. The van der Waals surface area contributed by atoms with Crippen molar-refractivity contribution in [2.24, 2.45) is 0 Å². The van der Waals surface area contributed by atoms with Gasteiger partial charge >= 0.3 is 5.97 Å². The van der Waals surface area contributed by atoms with Gasteiger partial charge in [-0.05, 0) is 89.9 Å². The molecule has 6 N–H and O–H groups in total. The molecule has 0 aromatic carbocycles. The van der Waals surface area contributed by atoms with Crippen LogP contribution < -0.4 is 5.32 Å². The van der Waals surface area contributed by atoms with Crippen molar-refractivity contribution in [2.45, 2.75) is 294 Å². The van der Waals surface area contributed by atoms with Gasteiger partial charge in [0.1, 0.15) is 24.4 Å². The van der Waals surface area contributed by atoms with Crippen molar-refractivity contribution in [2.75, 3.05) is 13.2 Å². The fourth-order valence-electron chi connectivity index (χ4n) is 9.49. The van der Waals surface area contributed by atoms with Crippen LogP contribution in [0.3, 0.4) is 0 Å². The maximum Gasteiger partial charge on any atom is 0.306 e. The van der Waals surface area contributed by atoms with Crippen LogP contribution in [0.2, 0.25) is 0 Å². The summed E-state index contributed by atoms with van der Waals surface area (Å²) in [4.78, 5) is 26.6. The van der Waals surface area contributed by atoms with E-state index >= 15 is 0 Å². The van der Waals surface area contributed by atoms with Crippen LogP contribution in [0.1, 0.15) is 245 Å². The molecule has 0 bridgehead atoms. The van der Waals surface area contributed by atoms with E-state index in [4.69, 9.17) is 14.2 Å². The zero-order valence-corrected chi connectivity index (χ0v) is 52.3. The van der Waals surface area contributed by atoms with Gasteiger partial charge in [-0.25, -0.2) is 0 Å². The molecular weight excluding hydrogens is 1040 g/mol. The minimum absolute atomic E-state index is 0.103. The summed E-state index contributed by atoms with van der Waals surface area (Å²) in [5.74, 6) is -1.26. The van der Waals surface area contributed by atoms with Gasteiger partial charge in [-0.3, -0.25) is 9.59 Å². The minimum atomic E-state index is -1.63. The number of allylic oxidation sites excluding steroid dienone is 21. The molecular formula is C72H119NO10. The number of nitrogens with one attached hydrogen (secondary N) is 1. The number of carbonyl (C=O) groups is 2. The third-order valence-electron chi connectivity index (χ3n) is 14.7. The third kappa shape index (κ3) is 45.8. The molecule has 0 aliphatic carbocycles. The van der Waals surface area contributed by atoms with Gasteiger partial charge in [0.2, 0.25) is 5.91 Å². The first-order valence-electron chi connectivity index (χ1n) is 33.0. The normalized spacial score (nSPS) is 19.4. The molecule has 1 rings (SSSR count). The van der Waals surface area contributed by atoms with Crippen molar-refractivity contribution in [3.8, 4) is 0 Å². The minimum Gasteiger partial charge on any atom is -0.454 e. The van der Waals surface area contributed by atoms with E-state index in [1.165, 1.54) is 103 Å². The van der Waals surface area contributed by atoms with Crippen LogP contribution in [-0.4, -0.2) is 99.6 Å². The zero-order chi connectivity index (χ0) is 60.3. The van der Waals surface area contributed by atoms with Crippen LogP contribution in [0.4, 0.5) is 0 Å². The molecule has 472 valence electrons. The highest BCUT2D eigenvalue weighted by molar-refractivity contribution is 5.80. The number of hydrogen-bond acceptors (Lipinski definition) is 10. The fraction of sp³-hybridized carbons (Fsp3) is 0.667. The SMILES string of the molecule is CC\C=C/C=C/C=C/C=C\C=C\C=C\CCCCC(O)C(=O)NC(COC1OC(CO)C(O)C(O)C1OC(=O)CCCCCCCCCCC/C=C\C/C=C\C/C=C\C/C=C\CCCCC)C(O)/C=C/CCCCCCCCCCCCC. The number of aliphatic hydroxyl groups excluding tert-OH is 5. The quantitative estimate of drug-likeness (QED) is 0.0149. The van der Waals surface area contributed by atoms with Crippen LogP contribution in [0.5, 0.6) is 0 Å². The highest BCUT2D eigenvalue weighted by Gasteiger charge is 2.47. The molecule has 0 aromatic heterocycles. The Morgan fingerprint density at radius 1 is 0.494 bits per heavy atom. The monoisotopic (exact) mass is 1160 g/mol. The highest BCUT2D eigenvalue weighted by Crippen LogP contribution is 2.26. The van der Waals surface area contributed by atoms with Crippen LogP contribution in [0.25, 0.3) is 0 Å². The van der Waals surface area contributed by atoms with Crippen molar-refractivity contribution < 1.29 is 49.3 Å². The summed E-state index contributed by atoms with van der Waals surface area (Å²) in [5, 5.41) is 57.0. The van der Waals surface area contributed by atoms with Crippen LogP contribution in [0, 0.1) is 0 Å². The van der Waals surface area contributed by atoms with E-state index < -0.39 is 67.4 Å². The van der Waals surface area contributed by atoms with E-state index in [-0.39, 0.29) is 19.4 Å². The lowest BCUT2D eigenvalue weighted by atomic mass is 9.99. The Kier molecular flexibility index (Phi) is 53.9. The Labute approximate surface area is 505 Å². The molecule has 1 aliphatic rings. The van der Waals surface area contributed by atoms with Crippen molar-refractivity contribution >= 4 is 11.9 Å². The van der Waals surface area contributed by atoms with E-state index in [1.54, 1.807) is 6.08 Å². The molecule has 1 fully saturated rings.